The van der Waals surface area contributed by atoms with E-state index in [2.05, 4.69) is 14.9 Å². The minimum absolute atomic E-state index is 0.0890. The minimum Gasteiger partial charge on any atom is -0.477 e. The Hall–Kier alpha value is -1.93. The molecular weight excluding hydrogens is 232 g/mol. The van der Waals surface area contributed by atoms with Crippen molar-refractivity contribution in [2.45, 2.75) is 18.6 Å². The van der Waals surface area contributed by atoms with Crippen LogP contribution in [0, 0.1) is 0 Å². The van der Waals surface area contributed by atoms with E-state index in [0.717, 1.165) is 13.3 Å². The first-order valence-electron chi connectivity index (χ1n) is 4.66. The summed E-state index contributed by atoms with van der Waals surface area (Å²) in [6, 6.07) is 0. The summed E-state index contributed by atoms with van der Waals surface area (Å²) in [6.45, 7) is 0. The lowest BCUT2D eigenvalue weighted by molar-refractivity contribution is -0.144. The Balaban J connectivity index is 2.81. The van der Waals surface area contributed by atoms with Gasteiger partial charge in [0.25, 0.3) is 0 Å². The number of rotatable bonds is 5. The molecular formula is C9H12N2O6. The summed E-state index contributed by atoms with van der Waals surface area (Å²) in [5.74, 6) is -2.03. The summed E-state index contributed by atoms with van der Waals surface area (Å²) in [5, 5.41) is 33.6. The lowest BCUT2D eigenvalue weighted by Gasteiger charge is -2.15. The predicted octanol–water partition coefficient (Wildman–Crippen LogP) is -0.935. The van der Waals surface area contributed by atoms with Gasteiger partial charge in [0.1, 0.15) is 11.8 Å². The topological polar surface area (TPSA) is 133 Å². The van der Waals surface area contributed by atoms with E-state index in [9.17, 15) is 19.8 Å². The summed E-state index contributed by atoms with van der Waals surface area (Å²) in [7, 11) is 1.14. The number of aliphatic hydroxyl groups is 2. The lowest BCUT2D eigenvalue weighted by Crippen LogP contribution is -2.23. The number of methoxy groups -OCH3 is 1. The summed E-state index contributed by atoms with van der Waals surface area (Å²) in [5.41, 5.74) is -0.421. The van der Waals surface area contributed by atoms with Crippen molar-refractivity contribution in [2.75, 3.05) is 7.11 Å². The molecule has 0 saturated heterocycles. The van der Waals surface area contributed by atoms with Crippen LogP contribution in [0.15, 0.2) is 6.20 Å². The van der Waals surface area contributed by atoms with Crippen molar-refractivity contribution >= 4 is 11.9 Å². The van der Waals surface area contributed by atoms with Crippen molar-refractivity contribution < 1.29 is 29.6 Å². The maximum atomic E-state index is 10.9. The Morgan fingerprint density at radius 2 is 2.18 bits per heavy atom. The highest BCUT2D eigenvalue weighted by Crippen LogP contribution is 2.21. The molecule has 0 saturated carbocycles. The van der Waals surface area contributed by atoms with E-state index in [0.29, 0.717) is 0 Å². The zero-order chi connectivity index (χ0) is 13.0. The number of aromatic nitrogens is 2. The van der Waals surface area contributed by atoms with Crippen LogP contribution in [0.2, 0.25) is 0 Å². The van der Waals surface area contributed by atoms with Crippen LogP contribution < -0.4 is 0 Å². The molecule has 0 bridgehead atoms. The van der Waals surface area contributed by atoms with Gasteiger partial charge in [0, 0.05) is 5.56 Å². The Bertz CT molecular complexity index is 415. The molecule has 1 aromatic rings. The van der Waals surface area contributed by atoms with Gasteiger partial charge in [0.15, 0.2) is 0 Å². The van der Waals surface area contributed by atoms with Gasteiger partial charge >= 0.3 is 11.9 Å². The zero-order valence-corrected chi connectivity index (χ0v) is 8.95. The molecule has 1 rings (SSSR count). The number of ether oxygens (including phenoxy) is 1. The average molecular weight is 244 g/mol. The fourth-order valence-electron chi connectivity index (χ4n) is 1.26. The third-order valence-electron chi connectivity index (χ3n) is 2.17. The van der Waals surface area contributed by atoms with Crippen LogP contribution in [0.3, 0.4) is 0 Å². The van der Waals surface area contributed by atoms with Gasteiger partial charge < -0.3 is 20.1 Å². The Morgan fingerprint density at radius 1 is 1.53 bits per heavy atom. The average Bonchev–Trinajstić information content (AvgIpc) is 2.76. The Morgan fingerprint density at radius 3 is 2.71 bits per heavy atom. The number of carbonyl (C=O) groups excluding carboxylic acids is 1. The molecule has 0 aliphatic rings. The number of carboxylic acids is 1. The molecule has 0 radical (unpaired) electrons. The molecule has 1 aromatic heterocycles. The van der Waals surface area contributed by atoms with Gasteiger partial charge in [0.2, 0.25) is 0 Å². The van der Waals surface area contributed by atoms with Crippen molar-refractivity contribution in [3.8, 4) is 0 Å². The molecule has 0 amide bonds. The maximum Gasteiger partial charge on any atom is 0.354 e. The highest BCUT2D eigenvalue weighted by molar-refractivity contribution is 5.87. The largest absolute Gasteiger partial charge is 0.477 e. The quantitative estimate of drug-likeness (QED) is 0.491. The number of hydrogen-bond donors (Lipinski definition) is 4. The molecule has 17 heavy (non-hydrogen) atoms. The summed E-state index contributed by atoms with van der Waals surface area (Å²) in [6.07, 6.45) is -2.35. The van der Waals surface area contributed by atoms with Gasteiger partial charge in [-0.05, 0) is 0 Å². The van der Waals surface area contributed by atoms with Gasteiger partial charge in [-0.25, -0.2) is 4.79 Å². The Kier molecular flexibility index (Phi) is 4.18. The molecule has 4 N–H and O–H groups in total. The van der Waals surface area contributed by atoms with Crippen molar-refractivity contribution in [2.24, 2.45) is 0 Å². The molecule has 0 aromatic carbocycles. The number of esters is 1. The van der Waals surface area contributed by atoms with Gasteiger partial charge in [-0.15, -0.1) is 0 Å². The van der Waals surface area contributed by atoms with Crippen molar-refractivity contribution in [1.82, 2.24) is 10.2 Å². The molecule has 0 spiro atoms. The smallest absolute Gasteiger partial charge is 0.354 e. The molecule has 8 nitrogen and oxygen atoms in total. The van der Waals surface area contributed by atoms with E-state index in [1.54, 1.807) is 0 Å². The van der Waals surface area contributed by atoms with E-state index in [1.807, 2.05) is 0 Å². The highest BCUT2D eigenvalue weighted by Gasteiger charge is 2.27. The van der Waals surface area contributed by atoms with Crippen LogP contribution in [-0.2, 0) is 9.53 Å². The molecule has 8 heteroatoms. The van der Waals surface area contributed by atoms with Crippen LogP contribution in [0.5, 0.6) is 0 Å². The number of aliphatic hydroxyl groups excluding tert-OH is 2. The van der Waals surface area contributed by atoms with E-state index >= 15 is 0 Å². The first kappa shape index (κ1) is 13.1. The maximum absolute atomic E-state index is 10.9. The van der Waals surface area contributed by atoms with Crippen LogP contribution in [-0.4, -0.2) is 50.7 Å². The molecule has 1 heterocycles. The van der Waals surface area contributed by atoms with Crippen LogP contribution >= 0.6 is 0 Å². The first-order valence-corrected chi connectivity index (χ1v) is 4.66. The monoisotopic (exact) mass is 244 g/mol. The lowest BCUT2D eigenvalue weighted by atomic mass is 10.0. The van der Waals surface area contributed by atoms with Crippen molar-refractivity contribution in [3.05, 3.63) is 17.5 Å². The Labute approximate surface area is 95.8 Å². The van der Waals surface area contributed by atoms with E-state index in [-0.39, 0.29) is 11.3 Å². The van der Waals surface area contributed by atoms with Crippen LogP contribution in [0.4, 0.5) is 0 Å². The van der Waals surface area contributed by atoms with Gasteiger partial charge in [-0.1, -0.05) is 0 Å². The third-order valence-corrected chi connectivity index (χ3v) is 2.17. The fourth-order valence-corrected chi connectivity index (χ4v) is 1.26. The van der Waals surface area contributed by atoms with Gasteiger partial charge in [0.05, 0.1) is 25.8 Å². The molecule has 2 unspecified atom stereocenters. The molecule has 2 atom stereocenters. The normalized spacial score (nSPS) is 14.1. The predicted molar refractivity (Wildman–Crippen MR) is 53.1 cm³/mol. The van der Waals surface area contributed by atoms with Crippen LogP contribution in [0.25, 0.3) is 0 Å². The van der Waals surface area contributed by atoms with E-state index < -0.39 is 30.6 Å². The number of aromatic amines is 1. The van der Waals surface area contributed by atoms with Gasteiger partial charge in [-0.3, -0.25) is 9.89 Å². The van der Waals surface area contributed by atoms with Crippen LogP contribution in [0.1, 0.15) is 28.6 Å². The number of H-pyrrole nitrogens is 1. The van der Waals surface area contributed by atoms with E-state index in [1.165, 1.54) is 0 Å². The summed E-state index contributed by atoms with van der Waals surface area (Å²) >= 11 is 0. The molecule has 0 fully saturated rings. The second-order valence-electron chi connectivity index (χ2n) is 3.30. The highest BCUT2D eigenvalue weighted by atomic mass is 16.5. The number of hydrogen-bond acceptors (Lipinski definition) is 6. The number of aromatic carboxylic acids is 1. The van der Waals surface area contributed by atoms with Crippen molar-refractivity contribution in [1.29, 1.82) is 0 Å². The second kappa shape index (κ2) is 5.41. The number of nitrogens with zero attached hydrogens (tertiary/aromatic N) is 1. The molecule has 0 aliphatic carbocycles. The zero-order valence-electron chi connectivity index (χ0n) is 8.95. The van der Waals surface area contributed by atoms with Gasteiger partial charge in [-0.2, -0.15) is 5.10 Å². The van der Waals surface area contributed by atoms with E-state index in [4.69, 9.17) is 5.11 Å². The minimum atomic E-state index is -1.53. The molecule has 94 valence electrons. The summed E-state index contributed by atoms with van der Waals surface area (Å²) in [4.78, 5) is 21.6. The SMILES string of the molecule is COC(=O)CC(O)C(O)c1cn[nH]c1C(=O)O. The number of carboxylic acid groups (broad SMARTS) is 1. The number of nitrogens with one attached hydrogen (secondary N) is 1. The fraction of sp³-hybridized carbons (Fsp3) is 0.444. The standard InChI is InChI=1S/C9H12N2O6/c1-17-6(13)2-5(12)8(14)4-3-10-11-7(4)9(15)16/h3,5,8,12,14H,2H2,1H3,(H,10,11)(H,15,16). The third kappa shape index (κ3) is 3.02. The summed E-state index contributed by atoms with van der Waals surface area (Å²) < 4.78 is 4.32. The number of carbonyl (C=O) groups is 2. The second-order valence-corrected chi connectivity index (χ2v) is 3.30. The van der Waals surface area contributed by atoms with Crippen molar-refractivity contribution in [3.63, 3.8) is 0 Å². The first-order chi connectivity index (χ1) is 7.97. The molecule has 0 aliphatic heterocycles.